The topological polar surface area (TPSA) is 89.7 Å². The van der Waals surface area contributed by atoms with Crippen molar-refractivity contribution in [3.8, 4) is 11.5 Å². The predicted octanol–water partition coefficient (Wildman–Crippen LogP) is 3.23. The Bertz CT molecular complexity index is 821. The first-order valence-corrected chi connectivity index (χ1v) is 6.48. The average molecular weight is 297 g/mol. The second-order valence-electron chi connectivity index (χ2n) is 4.87. The lowest BCUT2D eigenvalue weighted by molar-refractivity contribution is -0.384. The highest BCUT2D eigenvalue weighted by molar-refractivity contribution is 6.14. The number of phenols is 1. The van der Waals surface area contributed by atoms with Crippen LogP contribution in [0.15, 0.2) is 42.2 Å². The number of rotatable bonds is 2. The van der Waals surface area contributed by atoms with Crippen LogP contribution in [-0.4, -0.2) is 15.8 Å². The molecule has 2 aromatic rings. The number of Topliss-reactive ketones (excluding diaryl/α,β-unsaturated/α-hetero) is 1. The Morgan fingerprint density at radius 1 is 1.18 bits per heavy atom. The van der Waals surface area contributed by atoms with Crippen LogP contribution in [0.1, 0.15) is 21.5 Å². The number of allylic oxidation sites excluding steroid dienone is 1. The molecular formula is C16H11NO5. The third kappa shape index (κ3) is 2.20. The number of benzene rings is 2. The molecule has 0 fully saturated rings. The van der Waals surface area contributed by atoms with E-state index < -0.39 is 4.92 Å². The highest BCUT2D eigenvalue weighted by Gasteiger charge is 2.29. The summed E-state index contributed by atoms with van der Waals surface area (Å²) in [6.45, 7) is 1.66. The van der Waals surface area contributed by atoms with E-state index in [0.717, 1.165) is 0 Å². The maximum atomic E-state index is 12.3. The van der Waals surface area contributed by atoms with E-state index in [1.54, 1.807) is 6.92 Å². The standard InChI is InChI=1S/C16H11NO5/c1-9-13(18)7-6-12-15(19)14(22-16(9)12)8-10-2-4-11(5-3-10)17(20)21/h2-8,18H,1H3/b14-8-. The molecule has 6 nitrogen and oxygen atoms in total. The fourth-order valence-corrected chi connectivity index (χ4v) is 2.22. The van der Waals surface area contributed by atoms with Crippen molar-refractivity contribution < 1.29 is 19.6 Å². The second kappa shape index (κ2) is 5.00. The molecule has 1 heterocycles. The van der Waals surface area contributed by atoms with Crippen LogP contribution in [0.4, 0.5) is 5.69 Å². The van der Waals surface area contributed by atoms with E-state index >= 15 is 0 Å². The lowest BCUT2D eigenvalue weighted by Crippen LogP contribution is -1.98. The Morgan fingerprint density at radius 3 is 2.50 bits per heavy atom. The number of hydrogen-bond donors (Lipinski definition) is 1. The van der Waals surface area contributed by atoms with E-state index in [9.17, 15) is 20.0 Å². The largest absolute Gasteiger partial charge is 0.508 e. The van der Waals surface area contributed by atoms with Crippen LogP contribution in [0.25, 0.3) is 6.08 Å². The van der Waals surface area contributed by atoms with E-state index in [-0.39, 0.29) is 23.0 Å². The van der Waals surface area contributed by atoms with Gasteiger partial charge in [0.1, 0.15) is 11.5 Å². The predicted molar refractivity (Wildman–Crippen MR) is 78.9 cm³/mol. The number of phenolic OH excluding ortho intramolecular Hbond substituents is 1. The number of aromatic hydroxyl groups is 1. The zero-order valence-corrected chi connectivity index (χ0v) is 11.6. The van der Waals surface area contributed by atoms with Crippen molar-refractivity contribution in [3.63, 3.8) is 0 Å². The molecule has 110 valence electrons. The second-order valence-corrected chi connectivity index (χ2v) is 4.87. The molecule has 22 heavy (non-hydrogen) atoms. The molecule has 1 aliphatic heterocycles. The van der Waals surface area contributed by atoms with Crippen LogP contribution in [-0.2, 0) is 0 Å². The van der Waals surface area contributed by atoms with Crippen molar-refractivity contribution in [2.45, 2.75) is 6.92 Å². The number of ketones is 1. The Balaban J connectivity index is 1.95. The van der Waals surface area contributed by atoms with Gasteiger partial charge in [0.05, 0.1) is 10.5 Å². The fourth-order valence-electron chi connectivity index (χ4n) is 2.22. The summed E-state index contributed by atoms with van der Waals surface area (Å²) in [6.07, 6.45) is 1.52. The molecule has 0 saturated heterocycles. The van der Waals surface area contributed by atoms with Crippen LogP contribution in [0.3, 0.4) is 0 Å². The summed E-state index contributed by atoms with van der Waals surface area (Å²) in [4.78, 5) is 22.4. The zero-order chi connectivity index (χ0) is 15.9. The van der Waals surface area contributed by atoms with Gasteiger partial charge in [-0.2, -0.15) is 0 Å². The Labute approximate surface area is 125 Å². The summed E-state index contributed by atoms with van der Waals surface area (Å²) in [7, 11) is 0. The van der Waals surface area contributed by atoms with E-state index in [1.807, 2.05) is 0 Å². The molecule has 0 saturated carbocycles. The van der Waals surface area contributed by atoms with Crippen molar-refractivity contribution >= 4 is 17.5 Å². The van der Waals surface area contributed by atoms with Gasteiger partial charge < -0.3 is 9.84 Å². The number of fused-ring (bicyclic) bond motifs is 1. The average Bonchev–Trinajstić information content (AvgIpc) is 2.81. The minimum atomic E-state index is -0.490. The monoisotopic (exact) mass is 297 g/mol. The van der Waals surface area contributed by atoms with Crippen molar-refractivity contribution in [3.05, 3.63) is 69.0 Å². The quantitative estimate of drug-likeness (QED) is 0.522. The number of nitro groups is 1. The van der Waals surface area contributed by atoms with Gasteiger partial charge in [-0.3, -0.25) is 14.9 Å². The normalized spacial score (nSPS) is 14.8. The van der Waals surface area contributed by atoms with Gasteiger partial charge in [-0.05, 0) is 42.8 Å². The van der Waals surface area contributed by atoms with Gasteiger partial charge in [-0.25, -0.2) is 0 Å². The van der Waals surface area contributed by atoms with E-state index in [2.05, 4.69) is 0 Å². The highest BCUT2D eigenvalue weighted by Crippen LogP contribution is 2.38. The summed E-state index contributed by atoms with van der Waals surface area (Å²) >= 11 is 0. The van der Waals surface area contributed by atoms with Gasteiger partial charge >= 0.3 is 0 Å². The first-order chi connectivity index (χ1) is 10.5. The van der Waals surface area contributed by atoms with Crippen LogP contribution in [0.2, 0.25) is 0 Å². The summed E-state index contributed by atoms with van der Waals surface area (Å²) in [5.74, 6) is 0.246. The summed E-state index contributed by atoms with van der Waals surface area (Å²) in [5.41, 5.74) is 1.48. The van der Waals surface area contributed by atoms with Gasteiger partial charge in [0.25, 0.3) is 5.69 Å². The van der Waals surface area contributed by atoms with Crippen molar-refractivity contribution in [1.29, 1.82) is 0 Å². The molecule has 0 aromatic heterocycles. The van der Waals surface area contributed by atoms with Crippen molar-refractivity contribution in [2.24, 2.45) is 0 Å². The van der Waals surface area contributed by atoms with Crippen LogP contribution in [0.5, 0.6) is 11.5 Å². The summed E-state index contributed by atoms with van der Waals surface area (Å²) in [6, 6.07) is 8.75. The minimum Gasteiger partial charge on any atom is -0.508 e. The van der Waals surface area contributed by atoms with E-state index in [0.29, 0.717) is 22.4 Å². The number of nitrogens with zero attached hydrogens (tertiary/aromatic N) is 1. The number of ether oxygens (including phenoxy) is 1. The molecule has 6 heteroatoms. The Hall–Kier alpha value is -3.15. The van der Waals surface area contributed by atoms with Crippen LogP contribution in [0, 0.1) is 17.0 Å². The smallest absolute Gasteiger partial charge is 0.269 e. The molecule has 0 atom stereocenters. The Morgan fingerprint density at radius 2 is 1.86 bits per heavy atom. The third-order valence-corrected chi connectivity index (χ3v) is 3.46. The van der Waals surface area contributed by atoms with Gasteiger partial charge in [0, 0.05) is 17.7 Å². The molecular weight excluding hydrogens is 286 g/mol. The van der Waals surface area contributed by atoms with Crippen molar-refractivity contribution in [1.82, 2.24) is 0 Å². The fraction of sp³-hybridized carbons (Fsp3) is 0.0625. The molecule has 2 aromatic carbocycles. The molecule has 0 aliphatic carbocycles. The third-order valence-electron chi connectivity index (χ3n) is 3.46. The molecule has 0 bridgehead atoms. The Kier molecular flexibility index (Phi) is 3.14. The van der Waals surface area contributed by atoms with E-state index in [1.165, 1.54) is 42.5 Å². The number of carbonyl (C=O) groups is 1. The number of hydrogen-bond acceptors (Lipinski definition) is 5. The SMILES string of the molecule is Cc1c(O)ccc2c1O/C(=C\c1ccc([N+](=O)[O-])cc1)C2=O. The van der Waals surface area contributed by atoms with Gasteiger partial charge in [0.2, 0.25) is 5.78 Å². The highest BCUT2D eigenvalue weighted by atomic mass is 16.6. The molecule has 0 spiro atoms. The van der Waals surface area contributed by atoms with Crippen LogP contribution >= 0.6 is 0 Å². The van der Waals surface area contributed by atoms with Crippen LogP contribution < -0.4 is 4.74 Å². The lowest BCUT2D eigenvalue weighted by Gasteiger charge is -2.03. The molecule has 0 amide bonds. The molecule has 0 radical (unpaired) electrons. The molecule has 0 unspecified atom stereocenters. The maximum Gasteiger partial charge on any atom is 0.269 e. The van der Waals surface area contributed by atoms with Crippen molar-refractivity contribution in [2.75, 3.05) is 0 Å². The first-order valence-electron chi connectivity index (χ1n) is 6.48. The molecule has 1 aliphatic rings. The summed E-state index contributed by atoms with van der Waals surface area (Å²) < 4.78 is 5.53. The van der Waals surface area contributed by atoms with E-state index in [4.69, 9.17) is 4.74 Å². The minimum absolute atomic E-state index is 0.0233. The van der Waals surface area contributed by atoms with Gasteiger partial charge in [0.15, 0.2) is 5.76 Å². The summed E-state index contributed by atoms with van der Waals surface area (Å²) in [5, 5.41) is 20.3. The maximum absolute atomic E-state index is 12.3. The molecule has 1 N–H and O–H groups in total. The van der Waals surface area contributed by atoms with Gasteiger partial charge in [-0.1, -0.05) is 0 Å². The number of carbonyl (C=O) groups excluding carboxylic acids is 1. The lowest BCUT2D eigenvalue weighted by atomic mass is 10.1. The number of nitro benzene ring substituents is 1. The zero-order valence-electron chi connectivity index (χ0n) is 11.6. The molecule has 3 rings (SSSR count). The van der Waals surface area contributed by atoms with Gasteiger partial charge in [-0.15, -0.1) is 0 Å². The first kappa shape index (κ1) is 13.8. The number of non-ortho nitro benzene ring substituents is 1.